The highest BCUT2D eigenvalue weighted by atomic mass is 32.1. The van der Waals surface area contributed by atoms with Crippen molar-refractivity contribution in [2.75, 3.05) is 6.61 Å². The van der Waals surface area contributed by atoms with Crippen molar-refractivity contribution in [3.8, 4) is 9.88 Å². The lowest BCUT2D eigenvalue weighted by molar-refractivity contribution is -0.139. The van der Waals surface area contributed by atoms with Crippen LogP contribution in [0.1, 0.15) is 16.9 Å². The van der Waals surface area contributed by atoms with Crippen LogP contribution in [0.2, 0.25) is 0 Å². The molecule has 0 saturated heterocycles. The van der Waals surface area contributed by atoms with Gasteiger partial charge in [0.1, 0.15) is 16.7 Å². The summed E-state index contributed by atoms with van der Waals surface area (Å²) < 4.78 is 0. The zero-order valence-electron chi connectivity index (χ0n) is 10.3. The minimum Gasteiger partial charge on any atom is -0.480 e. The number of thiazole rings is 1. The van der Waals surface area contributed by atoms with Crippen molar-refractivity contribution < 1.29 is 19.8 Å². The van der Waals surface area contributed by atoms with Gasteiger partial charge < -0.3 is 15.5 Å². The third-order valence-corrected chi connectivity index (χ3v) is 4.37. The van der Waals surface area contributed by atoms with Crippen LogP contribution in [0, 0.1) is 0 Å². The van der Waals surface area contributed by atoms with Gasteiger partial charge in [0.05, 0.1) is 4.88 Å². The number of carbonyl (C=O) groups is 2. The molecule has 0 aliphatic heterocycles. The van der Waals surface area contributed by atoms with Crippen LogP contribution in [-0.4, -0.2) is 39.7 Å². The first-order valence-electron chi connectivity index (χ1n) is 5.75. The van der Waals surface area contributed by atoms with E-state index < -0.39 is 17.9 Å². The zero-order chi connectivity index (χ0) is 14.5. The molecule has 2 heterocycles. The molecule has 0 saturated carbocycles. The Bertz CT molecular complexity index is 594. The number of hydrogen-bond donors (Lipinski definition) is 3. The minimum atomic E-state index is -1.18. The number of amides is 1. The van der Waals surface area contributed by atoms with Crippen molar-refractivity contribution in [2.45, 2.75) is 12.5 Å². The van der Waals surface area contributed by atoms with Crippen LogP contribution in [0.3, 0.4) is 0 Å². The molecule has 0 unspecified atom stereocenters. The van der Waals surface area contributed by atoms with Crippen molar-refractivity contribution in [3.05, 3.63) is 28.6 Å². The summed E-state index contributed by atoms with van der Waals surface area (Å²) in [5, 5.41) is 24.2. The van der Waals surface area contributed by atoms with Gasteiger partial charge >= 0.3 is 5.97 Å². The lowest BCUT2D eigenvalue weighted by atomic mass is 10.2. The summed E-state index contributed by atoms with van der Waals surface area (Å²) in [4.78, 5) is 28.0. The van der Waals surface area contributed by atoms with E-state index in [9.17, 15) is 9.59 Å². The monoisotopic (exact) mass is 312 g/mol. The van der Waals surface area contributed by atoms with Crippen molar-refractivity contribution in [2.24, 2.45) is 0 Å². The first kappa shape index (κ1) is 14.6. The molecule has 2 aromatic rings. The SMILES string of the molecule is O=C(N[C@H](CCO)C(=O)O)c1csc(-c2cccs2)n1. The molecule has 0 radical (unpaired) electrons. The Morgan fingerprint density at radius 1 is 1.40 bits per heavy atom. The third-order valence-electron chi connectivity index (χ3n) is 2.49. The van der Waals surface area contributed by atoms with Crippen LogP contribution in [0.15, 0.2) is 22.9 Å². The molecule has 20 heavy (non-hydrogen) atoms. The molecule has 0 aliphatic rings. The Kier molecular flexibility index (Phi) is 4.83. The number of carbonyl (C=O) groups excluding carboxylic acids is 1. The van der Waals surface area contributed by atoms with Crippen molar-refractivity contribution in [1.82, 2.24) is 10.3 Å². The van der Waals surface area contributed by atoms with Crippen molar-refractivity contribution >= 4 is 34.6 Å². The Balaban J connectivity index is 2.08. The first-order chi connectivity index (χ1) is 9.61. The number of aliphatic carboxylic acids is 1. The second kappa shape index (κ2) is 6.60. The fourth-order valence-corrected chi connectivity index (χ4v) is 3.12. The molecule has 3 N–H and O–H groups in total. The van der Waals surface area contributed by atoms with E-state index in [4.69, 9.17) is 10.2 Å². The van der Waals surface area contributed by atoms with Crippen molar-refractivity contribution in [1.29, 1.82) is 0 Å². The highest BCUT2D eigenvalue weighted by Crippen LogP contribution is 2.27. The van der Waals surface area contributed by atoms with Crippen LogP contribution in [0.4, 0.5) is 0 Å². The molecule has 2 rings (SSSR count). The molecule has 106 valence electrons. The van der Waals surface area contributed by atoms with Crippen molar-refractivity contribution in [3.63, 3.8) is 0 Å². The van der Waals surface area contributed by atoms with Crippen LogP contribution in [-0.2, 0) is 4.79 Å². The molecule has 0 spiro atoms. The molecule has 8 heteroatoms. The van der Waals surface area contributed by atoms with Gasteiger partial charge in [-0.05, 0) is 11.4 Å². The van der Waals surface area contributed by atoms with E-state index in [1.165, 1.54) is 22.7 Å². The summed E-state index contributed by atoms with van der Waals surface area (Å²) in [6, 6.07) is 2.68. The summed E-state index contributed by atoms with van der Waals surface area (Å²) in [7, 11) is 0. The smallest absolute Gasteiger partial charge is 0.326 e. The predicted octanol–water partition coefficient (Wildman–Crippen LogP) is 1.44. The number of aromatic nitrogens is 1. The minimum absolute atomic E-state index is 0.0387. The second-order valence-corrected chi connectivity index (χ2v) is 5.70. The van der Waals surface area contributed by atoms with E-state index in [1.807, 2.05) is 17.5 Å². The highest BCUT2D eigenvalue weighted by Gasteiger charge is 2.21. The summed E-state index contributed by atoms with van der Waals surface area (Å²) in [5.74, 6) is -1.73. The van der Waals surface area contributed by atoms with Gasteiger partial charge in [0.25, 0.3) is 5.91 Å². The van der Waals surface area contributed by atoms with E-state index in [1.54, 1.807) is 5.38 Å². The maximum Gasteiger partial charge on any atom is 0.326 e. The first-order valence-corrected chi connectivity index (χ1v) is 7.51. The lowest BCUT2D eigenvalue weighted by Gasteiger charge is -2.11. The Morgan fingerprint density at radius 2 is 2.20 bits per heavy atom. The van der Waals surface area contributed by atoms with Crippen LogP contribution < -0.4 is 5.32 Å². The van der Waals surface area contributed by atoms with Crippen LogP contribution in [0.5, 0.6) is 0 Å². The van der Waals surface area contributed by atoms with E-state index in [2.05, 4.69) is 10.3 Å². The van der Waals surface area contributed by atoms with Gasteiger partial charge in [-0.1, -0.05) is 6.07 Å². The number of nitrogens with zero attached hydrogens (tertiary/aromatic N) is 1. The van der Waals surface area contributed by atoms with Gasteiger partial charge in [-0.25, -0.2) is 9.78 Å². The zero-order valence-corrected chi connectivity index (χ0v) is 11.9. The standard InChI is InChI=1S/C12H12N2O4S2/c15-4-3-7(12(17)18)13-10(16)8-6-20-11(14-8)9-2-1-5-19-9/h1-2,5-7,15H,3-4H2,(H,13,16)(H,17,18)/t7-/m1/s1. The van der Waals surface area contributed by atoms with Crippen LogP contribution >= 0.6 is 22.7 Å². The van der Waals surface area contributed by atoms with E-state index in [0.29, 0.717) is 0 Å². The fourth-order valence-electron chi connectivity index (χ4n) is 1.51. The molecule has 0 aromatic carbocycles. The van der Waals surface area contributed by atoms with Gasteiger partial charge in [-0.3, -0.25) is 4.79 Å². The molecule has 0 bridgehead atoms. The lowest BCUT2D eigenvalue weighted by Crippen LogP contribution is -2.41. The molecule has 0 aliphatic carbocycles. The number of carboxylic acids is 1. The number of aliphatic hydroxyl groups excluding tert-OH is 1. The molecule has 1 amide bonds. The fraction of sp³-hybridized carbons (Fsp3) is 0.250. The van der Waals surface area contributed by atoms with Crippen LogP contribution in [0.25, 0.3) is 9.88 Å². The third kappa shape index (κ3) is 3.41. The van der Waals surface area contributed by atoms with Gasteiger partial charge in [-0.15, -0.1) is 22.7 Å². The van der Waals surface area contributed by atoms with Gasteiger partial charge in [-0.2, -0.15) is 0 Å². The predicted molar refractivity (Wildman–Crippen MR) is 76.0 cm³/mol. The second-order valence-electron chi connectivity index (χ2n) is 3.89. The number of thiophene rings is 1. The number of hydrogen-bond acceptors (Lipinski definition) is 6. The normalized spacial score (nSPS) is 12.1. The summed E-state index contributed by atoms with van der Waals surface area (Å²) >= 11 is 2.84. The van der Waals surface area contributed by atoms with Gasteiger partial charge in [0.2, 0.25) is 0 Å². The average Bonchev–Trinajstić information content (AvgIpc) is 3.08. The number of rotatable bonds is 6. The summed E-state index contributed by atoms with van der Waals surface area (Å²) in [6.07, 6.45) is -0.0387. The van der Waals surface area contributed by atoms with E-state index in [-0.39, 0.29) is 18.7 Å². The molecule has 2 aromatic heterocycles. The van der Waals surface area contributed by atoms with Gasteiger partial charge in [0, 0.05) is 18.4 Å². The topological polar surface area (TPSA) is 99.5 Å². The summed E-state index contributed by atoms with van der Waals surface area (Å²) in [6.45, 7) is -0.311. The number of aliphatic hydroxyl groups is 1. The average molecular weight is 312 g/mol. The maximum atomic E-state index is 11.9. The highest BCUT2D eigenvalue weighted by molar-refractivity contribution is 7.20. The molecular formula is C12H12N2O4S2. The summed E-state index contributed by atoms with van der Waals surface area (Å²) in [5.41, 5.74) is 0.183. The van der Waals surface area contributed by atoms with E-state index >= 15 is 0 Å². The molecule has 6 nitrogen and oxygen atoms in total. The number of nitrogens with one attached hydrogen (secondary N) is 1. The largest absolute Gasteiger partial charge is 0.480 e. The molecule has 0 fully saturated rings. The maximum absolute atomic E-state index is 11.9. The van der Waals surface area contributed by atoms with E-state index in [0.717, 1.165) is 9.88 Å². The quantitative estimate of drug-likeness (QED) is 0.749. The Labute approximate surface area is 122 Å². The molecular weight excluding hydrogens is 300 g/mol. The Morgan fingerprint density at radius 3 is 2.80 bits per heavy atom. The van der Waals surface area contributed by atoms with Gasteiger partial charge in [0.15, 0.2) is 0 Å². The Hall–Kier alpha value is -1.77. The number of carboxylic acid groups (broad SMARTS) is 1. The molecule has 1 atom stereocenters.